The van der Waals surface area contributed by atoms with E-state index in [0.717, 1.165) is 11.4 Å². The van der Waals surface area contributed by atoms with Crippen LogP contribution >= 0.6 is 0 Å². The highest BCUT2D eigenvalue weighted by molar-refractivity contribution is 5.96. The first-order valence-electron chi connectivity index (χ1n) is 5.98. The highest BCUT2D eigenvalue weighted by Gasteiger charge is 2.35. The number of nitrogens with zero attached hydrogens (tertiary/aromatic N) is 3. The molecule has 1 amide bonds. The molecular weight excluding hydrogens is 248 g/mol. The van der Waals surface area contributed by atoms with Gasteiger partial charge in [-0.25, -0.2) is 20.4 Å². The van der Waals surface area contributed by atoms with Crippen molar-refractivity contribution in [2.45, 2.75) is 20.3 Å². The van der Waals surface area contributed by atoms with E-state index in [9.17, 15) is 9.59 Å². The van der Waals surface area contributed by atoms with Crippen molar-refractivity contribution >= 4 is 17.8 Å². The molecule has 0 aromatic carbocycles. The van der Waals surface area contributed by atoms with Gasteiger partial charge in [0, 0.05) is 17.9 Å². The number of hydrogen-bond acceptors (Lipinski definition) is 6. The Morgan fingerprint density at radius 1 is 1.47 bits per heavy atom. The van der Waals surface area contributed by atoms with Crippen molar-refractivity contribution in [3.05, 3.63) is 17.5 Å². The van der Waals surface area contributed by atoms with E-state index in [1.807, 2.05) is 19.9 Å². The van der Waals surface area contributed by atoms with Crippen LogP contribution in [-0.2, 0) is 14.3 Å². The van der Waals surface area contributed by atoms with Gasteiger partial charge < -0.3 is 4.74 Å². The van der Waals surface area contributed by atoms with E-state index in [0.29, 0.717) is 12.5 Å². The number of aryl methyl sites for hydroxylation is 2. The average molecular weight is 264 g/mol. The highest BCUT2D eigenvalue weighted by atomic mass is 16.5. The highest BCUT2D eigenvalue weighted by Crippen LogP contribution is 2.18. The molecule has 102 valence electrons. The van der Waals surface area contributed by atoms with Crippen molar-refractivity contribution in [3.63, 3.8) is 0 Å². The van der Waals surface area contributed by atoms with Crippen LogP contribution in [0, 0.1) is 19.8 Å². The number of esters is 1. The van der Waals surface area contributed by atoms with Gasteiger partial charge in [0.1, 0.15) is 0 Å². The van der Waals surface area contributed by atoms with E-state index < -0.39 is 11.9 Å². The molecule has 1 aliphatic rings. The number of methoxy groups -OCH3 is 1. The summed E-state index contributed by atoms with van der Waals surface area (Å²) in [5, 5.41) is 1.30. The summed E-state index contributed by atoms with van der Waals surface area (Å²) in [4.78, 5) is 31.8. The second-order valence-corrected chi connectivity index (χ2v) is 4.46. The van der Waals surface area contributed by atoms with Gasteiger partial charge in [0.25, 0.3) is 0 Å². The number of anilines is 1. The van der Waals surface area contributed by atoms with Gasteiger partial charge in [-0.15, -0.1) is 0 Å². The Bertz CT molecular complexity index is 497. The monoisotopic (exact) mass is 264 g/mol. The number of aromatic nitrogens is 2. The van der Waals surface area contributed by atoms with E-state index in [-0.39, 0.29) is 12.3 Å². The zero-order valence-corrected chi connectivity index (χ0v) is 11.1. The molecule has 7 nitrogen and oxygen atoms in total. The van der Waals surface area contributed by atoms with Gasteiger partial charge in [-0.05, 0) is 19.9 Å². The minimum atomic E-state index is -0.433. The van der Waals surface area contributed by atoms with Gasteiger partial charge in [-0.3, -0.25) is 9.59 Å². The third-order valence-corrected chi connectivity index (χ3v) is 2.88. The molecule has 0 bridgehead atoms. The lowest BCUT2D eigenvalue weighted by atomic mass is 10.1. The maximum atomic E-state index is 12.2. The molecule has 0 spiro atoms. The standard InChI is InChI=1S/C12H16N4O3/c1-7-4-8(2)15-12(14-7)16-11(18)9(6-13-16)5-10(17)19-3/h4,9,13H,5-6H2,1-3H3/t9-/m1/s1. The summed E-state index contributed by atoms with van der Waals surface area (Å²) in [7, 11) is 1.31. The predicted molar refractivity (Wildman–Crippen MR) is 67.1 cm³/mol. The fraction of sp³-hybridized carbons (Fsp3) is 0.500. The van der Waals surface area contributed by atoms with Crippen LogP contribution < -0.4 is 10.4 Å². The van der Waals surface area contributed by atoms with Crippen molar-refractivity contribution in [1.29, 1.82) is 0 Å². The zero-order valence-electron chi connectivity index (χ0n) is 11.1. The van der Waals surface area contributed by atoms with Crippen LogP contribution in [0.2, 0.25) is 0 Å². The number of rotatable bonds is 3. The van der Waals surface area contributed by atoms with Crippen LogP contribution in [0.5, 0.6) is 0 Å². The first-order valence-corrected chi connectivity index (χ1v) is 5.98. The van der Waals surface area contributed by atoms with E-state index >= 15 is 0 Å². The van der Waals surface area contributed by atoms with Crippen molar-refractivity contribution < 1.29 is 14.3 Å². The Labute approximate surface area is 111 Å². The van der Waals surface area contributed by atoms with Gasteiger partial charge in [-0.1, -0.05) is 0 Å². The lowest BCUT2D eigenvalue weighted by Gasteiger charge is -2.14. The van der Waals surface area contributed by atoms with Crippen LogP contribution in [0.25, 0.3) is 0 Å². The minimum Gasteiger partial charge on any atom is -0.469 e. The molecule has 0 radical (unpaired) electrons. The molecule has 2 rings (SSSR count). The van der Waals surface area contributed by atoms with Crippen molar-refractivity contribution in [2.24, 2.45) is 5.92 Å². The number of carbonyl (C=O) groups is 2. The van der Waals surface area contributed by atoms with E-state index in [2.05, 4.69) is 20.1 Å². The molecule has 1 saturated heterocycles. The first-order chi connectivity index (χ1) is 9.01. The number of nitrogens with one attached hydrogen (secondary N) is 1. The molecule has 7 heteroatoms. The molecule has 1 N–H and O–H groups in total. The molecule has 0 aliphatic carbocycles. The van der Waals surface area contributed by atoms with Crippen LogP contribution in [0.1, 0.15) is 17.8 Å². The summed E-state index contributed by atoms with van der Waals surface area (Å²) < 4.78 is 4.57. The minimum absolute atomic E-state index is 0.0592. The lowest BCUT2D eigenvalue weighted by Crippen LogP contribution is -2.36. The summed E-state index contributed by atoms with van der Waals surface area (Å²) in [6.45, 7) is 4.06. The second-order valence-electron chi connectivity index (χ2n) is 4.46. The number of amides is 1. The predicted octanol–water partition coefficient (Wildman–Crippen LogP) is 0.124. The summed E-state index contributed by atoms with van der Waals surface area (Å²) >= 11 is 0. The van der Waals surface area contributed by atoms with E-state index in [1.54, 1.807) is 0 Å². The largest absolute Gasteiger partial charge is 0.469 e. The third kappa shape index (κ3) is 2.87. The molecule has 2 heterocycles. The average Bonchev–Trinajstić information content (AvgIpc) is 2.69. The number of hydrazine groups is 1. The SMILES string of the molecule is COC(=O)C[C@@H]1CNN(c2nc(C)cc(C)n2)C1=O. The van der Waals surface area contributed by atoms with Crippen molar-refractivity contribution in [1.82, 2.24) is 15.4 Å². The van der Waals surface area contributed by atoms with Gasteiger partial charge in [0.15, 0.2) is 0 Å². The summed E-state index contributed by atoms with van der Waals surface area (Å²) in [6.07, 6.45) is 0.0592. The third-order valence-electron chi connectivity index (χ3n) is 2.88. The Balaban J connectivity index is 2.15. The number of carbonyl (C=O) groups excluding carboxylic acids is 2. The summed E-state index contributed by atoms with van der Waals surface area (Å²) in [5.41, 5.74) is 4.48. The Morgan fingerprint density at radius 3 is 2.68 bits per heavy atom. The number of hydrogen-bond donors (Lipinski definition) is 1. The smallest absolute Gasteiger partial charge is 0.306 e. The fourth-order valence-electron chi connectivity index (χ4n) is 1.97. The zero-order chi connectivity index (χ0) is 14.0. The first kappa shape index (κ1) is 13.4. The normalized spacial score (nSPS) is 18.8. The molecule has 1 aliphatic heterocycles. The van der Waals surface area contributed by atoms with Gasteiger partial charge in [0.2, 0.25) is 11.9 Å². The molecule has 0 saturated carbocycles. The summed E-state index contributed by atoms with van der Waals surface area (Å²) in [5.74, 6) is -0.731. The van der Waals surface area contributed by atoms with E-state index in [4.69, 9.17) is 0 Å². The molecule has 1 aromatic heterocycles. The van der Waals surface area contributed by atoms with E-state index in [1.165, 1.54) is 12.1 Å². The molecule has 1 fully saturated rings. The number of ether oxygens (including phenoxy) is 1. The molecule has 1 atom stereocenters. The van der Waals surface area contributed by atoms with Gasteiger partial charge in [0.05, 0.1) is 19.4 Å². The van der Waals surface area contributed by atoms with Crippen molar-refractivity contribution in [3.8, 4) is 0 Å². The summed E-state index contributed by atoms with van der Waals surface area (Å²) in [6, 6.07) is 1.83. The maximum Gasteiger partial charge on any atom is 0.306 e. The quantitative estimate of drug-likeness (QED) is 0.781. The Kier molecular flexibility index (Phi) is 3.75. The van der Waals surface area contributed by atoms with Crippen LogP contribution in [0.3, 0.4) is 0 Å². The van der Waals surface area contributed by atoms with Crippen LogP contribution in [-0.4, -0.2) is 35.5 Å². The maximum absolute atomic E-state index is 12.2. The molecule has 19 heavy (non-hydrogen) atoms. The van der Waals surface area contributed by atoms with Crippen LogP contribution in [0.15, 0.2) is 6.07 Å². The van der Waals surface area contributed by atoms with Crippen molar-refractivity contribution in [2.75, 3.05) is 18.7 Å². The Hall–Kier alpha value is -2.02. The van der Waals surface area contributed by atoms with Crippen LogP contribution in [0.4, 0.5) is 5.95 Å². The Morgan fingerprint density at radius 2 is 2.11 bits per heavy atom. The molecular formula is C12H16N4O3. The van der Waals surface area contributed by atoms with Gasteiger partial charge >= 0.3 is 5.97 Å². The second kappa shape index (κ2) is 5.31. The molecule has 0 unspecified atom stereocenters. The molecule has 1 aromatic rings. The fourth-order valence-corrected chi connectivity index (χ4v) is 1.97. The lowest BCUT2D eigenvalue weighted by molar-refractivity contribution is -0.143. The van der Waals surface area contributed by atoms with Gasteiger partial charge in [-0.2, -0.15) is 0 Å². The topological polar surface area (TPSA) is 84.4 Å².